The van der Waals surface area contributed by atoms with Gasteiger partial charge in [-0.25, -0.2) is 0 Å². The predicted molar refractivity (Wildman–Crippen MR) is 101 cm³/mol. The van der Waals surface area contributed by atoms with Crippen molar-refractivity contribution in [3.05, 3.63) is 30.3 Å². The van der Waals surface area contributed by atoms with Crippen molar-refractivity contribution in [1.82, 2.24) is 15.0 Å². The van der Waals surface area contributed by atoms with E-state index < -0.39 is 11.2 Å². The van der Waals surface area contributed by atoms with Gasteiger partial charge in [0.2, 0.25) is 11.9 Å². The van der Waals surface area contributed by atoms with E-state index in [1.807, 2.05) is 13.0 Å². The number of rotatable bonds is 8. The Balaban J connectivity index is 2.23. The topological polar surface area (TPSA) is 97.3 Å². The van der Waals surface area contributed by atoms with E-state index in [4.69, 9.17) is 4.74 Å². The summed E-state index contributed by atoms with van der Waals surface area (Å²) in [6.07, 6.45) is 0. The zero-order valence-corrected chi connectivity index (χ0v) is 15.9. The van der Waals surface area contributed by atoms with Crippen LogP contribution in [0.25, 0.3) is 0 Å². The fraction of sp³-hybridized carbons (Fsp3) is 0.353. The number of para-hydroxylation sites is 1. The highest BCUT2D eigenvalue weighted by atomic mass is 32.2. The number of ether oxygens (including phenoxy) is 1. The molecule has 1 aromatic carbocycles. The van der Waals surface area contributed by atoms with Crippen molar-refractivity contribution in [1.29, 1.82) is 0 Å². The van der Waals surface area contributed by atoms with E-state index in [-0.39, 0.29) is 17.0 Å². The van der Waals surface area contributed by atoms with Crippen LogP contribution in [0.15, 0.2) is 35.5 Å². The number of ketones is 1. The van der Waals surface area contributed by atoms with Crippen LogP contribution in [0.4, 0.5) is 11.6 Å². The molecule has 1 heterocycles. The Morgan fingerprint density at radius 3 is 2.46 bits per heavy atom. The molecule has 1 N–H and O–H groups in total. The number of nitrogens with one attached hydrogen (secondary N) is 1. The lowest BCUT2D eigenvalue weighted by atomic mass is 10.2. The van der Waals surface area contributed by atoms with Gasteiger partial charge in [0, 0.05) is 19.8 Å². The fourth-order valence-corrected chi connectivity index (χ4v) is 2.74. The molecule has 0 spiro atoms. The van der Waals surface area contributed by atoms with Gasteiger partial charge in [-0.1, -0.05) is 30.0 Å². The number of anilines is 2. The van der Waals surface area contributed by atoms with Crippen molar-refractivity contribution >= 4 is 35.1 Å². The first-order chi connectivity index (χ1) is 12.4. The number of amides is 1. The van der Waals surface area contributed by atoms with Gasteiger partial charge in [-0.2, -0.15) is 15.0 Å². The van der Waals surface area contributed by atoms with Gasteiger partial charge in [-0.05, 0) is 26.0 Å². The van der Waals surface area contributed by atoms with Crippen molar-refractivity contribution in [2.24, 2.45) is 0 Å². The van der Waals surface area contributed by atoms with E-state index in [2.05, 4.69) is 20.3 Å². The lowest BCUT2D eigenvalue weighted by molar-refractivity contribution is -0.123. The Hall–Kier alpha value is -2.68. The monoisotopic (exact) mass is 375 g/mol. The lowest BCUT2D eigenvalue weighted by Gasteiger charge is -2.15. The summed E-state index contributed by atoms with van der Waals surface area (Å²) >= 11 is 0.965. The maximum Gasteiger partial charge on any atom is 0.322 e. The molecule has 0 saturated heterocycles. The maximum atomic E-state index is 12.5. The molecule has 1 amide bonds. The molecule has 0 fully saturated rings. The smallest absolute Gasteiger partial charge is 0.322 e. The first-order valence-electron chi connectivity index (χ1n) is 8.00. The number of carbonyl (C=O) groups is 2. The number of thioether (sulfide) groups is 1. The van der Waals surface area contributed by atoms with Gasteiger partial charge in [0.05, 0.1) is 6.61 Å². The largest absolute Gasteiger partial charge is 0.464 e. The van der Waals surface area contributed by atoms with Crippen LogP contribution in [0.1, 0.15) is 13.8 Å². The van der Waals surface area contributed by atoms with E-state index in [0.29, 0.717) is 18.2 Å². The Labute approximate surface area is 156 Å². The number of aromatic nitrogens is 3. The summed E-state index contributed by atoms with van der Waals surface area (Å²) in [5.74, 6) is -0.344. The minimum absolute atomic E-state index is 0.152. The molecule has 0 aliphatic carbocycles. The first kappa shape index (κ1) is 19.6. The third-order valence-electron chi connectivity index (χ3n) is 3.13. The highest BCUT2D eigenvalue weighted by Gasteiger charge is 2.27. The molecule has 0 bridgehead atoms. The van der Waals surface area contributed by atoms with Crippen molar-refractivity contribution in [3.63, 3.8) is 0 Å². The minimum atomic E-state index is -0.984. The third-order valence-corrected chi connectivity index (χ3v) is 4.30. The highest BCUT2D eigenvalue weighted by Crippen LogP contribution is 2.25. The molecular formula is C17H21N5O3S. The van der Waals surface area contributed by atoms with Crippen molar-refractivity contribution in [2.75, 3.05) is 30.9 Å². The Bertz CT molecular complexity index is 770. The van der Waals surface area contributed by atoms with Gasteiger partial charge >= 0.3 is 6.01 Å². The SMILES string of the molecule is CCOc1nc(S[C@@H](C(C)=O)C(=O)Nc2ccccc2)nc(N(C)C)n1. The second-order valence-corrected chi connectivity index (χ2v) is 6.56. The maximum absolute atomic E-state index is 12.5. The number of Topliss-reactive ketones (excluding diaryl/α,β-unsaturated/α-hetero) is 1. The van der Waals surface area contributed by atoms with Crippen LogP contribution >= 0.6 is 11.8 Å². The number of nitrogens with zero attached hydrogens (tertiary/aromatic N) is 4. The standard InChI is InChI=1S/C17H21N5O3S/c1-5-25-16-19-15(22(3)4)20-17(21-16)26-13(11(2)23)14(24)18-12-9-7-6-8-10-12/h6-10,13H,5H2,1-4H3,(H,18,24)/t13-/m0/s1. The van der Waals surface area contributed by atoms with Crippen LogP contribution < -0.4 is 15.0 Å². The number of benzene rings is 1. The van der Waals surface area contributed by atoms with Crippen LogP contribution in [0, 0.1) is 0 Å². The molecule has 1 aromatic heterocycles. The summed E-state index contributed by atoms with van der Waals surface area (Å²) < 4.78 is 5.35. The average molecular weight is 375 g/mol. The van der Waals surface area contributed by atoms with Crippen LogP contribution in [-0.2, 0) is 9.59 Å². The molecule has 0 radical (unpaired) electrons. The summed E-state index contributed by atoms with van der Waals surface area (Å²) in [5, 5.41) is 1.99. The van der Waals surface area contributed by atoms with E-state index >= 15 is 0 Å². The molecule has 2 aromatic rings. The predicted octanol–water partition coefficient (Wildman–Crippen LogP) is 2.02. The fourth-order valence-electron chi connectivity index (χ4n) is 1.93. The van der Waals surface area contributed by atoms with Gasteiger partial charge in [0.15, 0.2) is 10.9 Å². The van der Waals surface area contributed by atoms with Gasteiger partial charge in [-0.15, -0.1) is 0 Å². The van der Waals surface area contributed by atoms with E-state index in [0.717, 1.165) is 11.8 Å². The number of hydrogen-bond donors (Lipinski definition) is 1. The van der Waals surface area contributed by atoms with Gasteiger partial charge in [0.25, 0.3) is 0 Å². The first-order valence-corrected chi connectivity index (χ1v) is 8.88. The molecule has 0 aliphatic heterocycles. The molecule has 8 nitrogen and oxygen atoms in total. The van der Waals surface area contributed by atoms with Crippen LogP contribution in [-0.4, -0.2) is 52.6 Å². The quantitative estimate of drug-likeness (QED) is 0.553. The summed E-state index contributed by atoms with van der Waals surface area (Å²) in [6.45, 7) is 3.57. The highest BCUT2D eigenvalue weighted by molar-refractivity contribution is 8.01. The van der Waals surface area contributed by atoms with E-state index in [1.165, 1.54) is 6.92 Å². The molecule has 0 saturated carbocycles. The second kappa shape index (κ2) is 9.14. The number of hydrogen-bond acceptors (Lipinski definition) is 8. The third kappa shape index (κ3) is 5.41. The molecule has 2 rings (SSSR count). The Kier molecular flexibility index (Phi) is 6.90. The summed E-state index contributed by atoms with van der Waals surface area (Å²) in [6, 6.07) is 9.10. The molecule has 0 aliphatic rings. The minimum Gasteiger partial charge on any atom is -0.464 e. The van der Waals surface area contributed by atoms with E-state index in [1.54, 1.807) is 43.3 Å². The Morgan fingerprint density at radius 2 is 1.88 bits per heavy atom. The van der Waals surface area contributed by atoms with Crippen molar-refractivity contribution in [3.8, 4) is 6.01 Å². The van der Waals surface area contributed by atoms with Crippen LogP contribution in [0.5, 0.6) is 6.01 Å². The normalized spacial score (nSPS) is 11.5. The molecule has 0 unspecified atom stereocenters. The molecule has 26 heavy (non-hydrogen) atoms. The molecular weight excluding hydrogens is 354 g/mol. The Morgan fingerprint density at radius 1 is 1.19 bits per heavy atom. The van der Waals surface area contributed by atoms with E-state index in [9.17, 15) is 9.59 Å². The van der Waals surface area contributed by atoms with Crippen molar-refractivity contribution in [2.45, 2.75) is 24.3 Å². The zero-order valence-electron chi connectivity index (χ0n) is 15.1. The van der Waals surface area contributed by atoms with Gasteiger partial charge in [-0.3, -0.25) is 9.59 Å². The van der Waals surface area contributed by atoms with Gasteiger partial charge < -0.3 is 15.0 Å². The molecule has 138 valence electrons. The summed E-state index contributed by atoms with van der Waals surface area (Å²) in [5.41, 5.74) is 0.615. The molecule has 1 atom stereocenters. The zero-order chi connectivity index (χ0) is 19.1. The average Bonchev–Trinajstić information content (AvgIpc) is 2.60. The second-order valence-electron chi connectivity index (χ2n) is 5.49. The molecule has 9 heteroatoms. The summed E-state index contributed by atoms with van der Waals surface area (Å²) in [4.78, 5) is 38.9. The number of carbonyl (C=O) groups excluding carboxylic acids is 2. The van der Waals surface area contributed by atoms with Gasteiger partial charge in [0.1, 0.15) is 5.25 Å². The van der Waals surface area contributed by atoms with Crippen LogP contribution in [0.3, 0.4) is 0 Å². The summed E-state index contributed by atoms with van der Waals surface area (Å²) in [7, 11) is 3.56. The van der Waals surface area contributed by atoms with Crippen LogP contribution in [0.2, 0.25) is 0 Å². The lowest BCUT2D eigenvalue weighted by Crippen LogP contribution is -2.31. The van der Waals surface area contributed by atoms with Crippen molar-refractivity contribution < 1.29 is 14.3 Å².